The van der Waals surface area contributed by atoms with E-state index in [0.29, 0.717) is 5.92 Å². The number of benzene rings is 2. The molecule has 0 fully saturated rings. The van der Waals surface area contributed by atoms with Gasteiger partial charge in [-0.05, 0) is 41.7 Å². The van der Waals surface area contributed by atoms with Gasteiger partial charge in [0.1, 0.15) is 5.75 Å². The molecule has 111 valence electrons. The third-order valence-electron chi connectivity index (χ3n) is 3.93. The van der Waals surface area contributed by atoms with Crippen molar-refractivity contribution in [3.63, 3.8) is 0 Å². The molecule has 2 aromatic carbocycles. The summed E-state index contributed by atoms with van der Waals surface area (Å²) in [5.41, 5.74) is 2.43. The number of rotatable bonds is 8. The lowest BCUT2D eigenvalue weighted by molar-refractivity contribution is 0.233. The highest BCUT2D eigenvalue weighted by molar-refractivity contribution is 5.63. The highest BCUT2D eigenvalue weighted by atomic mass is 16.5. The molecule has 0 N–H and O–H groups in total. The third-order valence-corrected chi connectivity index (χ3v) is 3.93. The van der Waals surface area contributed by atoms with Crippen molar-refractivity contribution in [1.82, 2.24) is 0 Å². The standard InChI is InChI=1S/C20H25O/c1-3-5-9-17(4-2)16-21-20-14-12-19(13-15-20)18-10-7-6-8-11-18/h7-8,10-15,17H,3-5,9,16H2,1-2H3. The van der Waals surface area contributed by atoms with Crippen LogP contribution in [0.5, 0.6) is 5.75 Å². The third kappa shape index (κ3) is 4.93. The summed E-state index contributed by atoms with van der Waals surface area (Å²) in [7, 11) is 0. The zero-order valence-corrected chi connectivity index (χ0v) is 13.1. The minimum Gasteiger partial charge on any atom is -0.493 e. The quantitative estimate of drug-likeness (QED) is 0.598. The summed E-state index contributed by atoms with van der Waals surface area (Å²) in [6, 6.07) is 19.5. The van der Waals surface area contributed by atoms with E-state index in [4.69, 9.17) is 4.74 Å². The lowest BCUT2D eigenvalue weighted by Gasteiger charge is -2.15. The summed E-state index contributed by atoms with van der Waals surface area (Å²) in [4.78, 5) is 0. The van der Waals surface area contributed by atoms with E-state index in [-0.39, 0.29) is 0 Å². The molecule has 0 aliphatic carbocycles. The van der Waals surface area contributed by atoms with E-state index in [2.05, 4.69) is 56.3 Å². The fourth-order valence-electron chi connectivity index (χ4n) is 2.44. The van der Waals surface area contributed by atoms with Gasteiger partial charge in [0.25, 0.3) is 0 Å². The maximum atomic E-state index is 5.94. The molecule has 0 amide bonds. The summed E-state index contributed by atoms with van der Waals surface area (Å²) in [6.45, 7) is 5.32. The second kappa shape index (κ2) is 8.51. The van der Waals surface area contributed by atoms with E-state index in [1.54, 1.807) is 0 Å². The zero-order valence-electron chi connectivity index (χ0n) is 13.1. The molecule has 0 bridgehead atoms. The van der Waals surface area contributed by atoms with Crippen LogP contribution in [0.25, 0.3) is 11.1 Å². The molecule has 2 aromatic rings. The maximum Gasteiger partial charge on any atom is 0.119 e. The maximum absolute atomic E-state index is 5.94. The van der Waals surface area contributed by atoms with Gasteiger partial charge in [0.05, 0.1) is 6.61 Å². The minimum absolute atomic E-state index is 0.675. The first-order valence-electron chi connectivity index (χ1n) is 8.02. The molecule has 0 spiro atoms. The summed E-state index contributed by atoms with van der Waals surface area (Å²) >= 11 is 0. The van der Waals surface area contributed by atoms with Crippen molar-refractivity contribution in [2.45, 2.75) is 39.5 Å². The lowest BCUT2D eigenvalue weighted by Crippen LogP contribution is -2.11. The fourth-order valence-corrected chi connectivity index (χ4v) is 2.44. The Kier molecular flexibility index (Phi) is 6.33. The number of unbranched alkanes of at least 4 members (excludes halogenated alkanes) is 1. The molecule has 0 saturated carbocycles. The van der Waals surface area contributed by atoms with Crippen LogP contribution in [0.1, 0.15) is 39.5 Å². The number of hydrogen-bond donors (Lipinski definition) is 0. The Balaban J connectivity index is 1.90. The van der Waals surface area contributed by atoms with Crippen molar-refractivity contribution in [2.24, 2.45) is 5.92 Å². The lowest BCUT2D eigenvalue weighted by atomic mass is 10.0. The Bertz CT molecular complexity index is 501. The number of ether oxygens (including phenoxy) is 1. The molecule has 1 radical (unpaired) electrons. The van der Waals surface area contributed by atoms with Crippen LogP contribution >= 0.6 is 0 Å². The molecule has 0 aromatic heterocycles. The average molecular weight is 281 g/mol. The molecular weight excluding hydrogens is 256 g/mol. The van der Waals surface area contributed by atoms with Crippen molar-refractivity contribution in [2.75, 3.05) is 6.61 Å². The van der Waals surface area contributed by atoms with Crippen LogP contribution in [0.4, 0.5) is 0 Å². The largest absolute Gasteiger partial charge is 0.493 e. The Labute approximate surface area is 129 Å². The summed E-state index contributed by atoms with van der Waals surface area (Å²) in [6.07, 6.45) is 5.02. The summed E-state index contributed by atoms with van der Waals surface area (Å²) < 4.78 is 5.94. The van der Waals surface area contributed by atoms with E-state index >= 15 is 0 Å². The van der Waals surface area contributed by atoms with E-state index in [0.717, 1.165) is 12.4 Å². The Morgan fingerprint density at radius 2 is 1.62 bits per heavy atom. The summed E-state index contributed by atoms with van der Waals surface area (Å²) in [5, 5.41) is 0. The van der Waals surface area contributed by atoms with Gasteiger partial charge < -0.3 is 4.74 Å². The van der Waals surface area contributed by atoms with Crippen LogP contribution in [0, 0.1) is 12.0 Å². The fraction of sp³-hybridized carbons (Fsp3) is 0.400. The predicted octanol–water partition coefficient (Wildman–Crippen LogP) is 5.75. The highest BCUT2D eigenvalue weighted by Crippen LogP contribution is 2.23. The first-order chi connectivity index (χ1) is 10.3. The topological polar surface area (TPSA) is 9.23 Å². The van der Waals surface area contributed by atoms with Gasteiger partial charge in [0.15, 0.2) is 0 Å². The van der Waals surface area contributed by atoms with Crippen LogP contribution in [0.3, 0.4) is 0 Å². The average Bonchev–Trinajstić information content (AvgIpc) is 2.56. The molecule has 0 aliphatic heterocycles. The van der Waals surface area contributed by atoms with Crippen LogP contribution < -0.4 is 4.74 Å². The Morgan fingerprint density at radius 3 is 2.24 bits per heavy atom. The van der Waals surface area contributed by atoms with E-state index in [1.165, 1.54) is 36.8 Å². The Hall–Kier alpha value is -1.76. The first kappa shape index (κ1) is 15.6. The van der Waals surface area contributed by atoms with E-state index in [9.17, 15) is 0 Å². The van der Waals surface area contributed by atoms with Crippen molar-refractivity contribution < 1.29 is 4.74 Å². The van der Waals surface area contributed by atoms with Gasteiger partial charge >= 0.3 is 0 Å². The van der Waals surface area contributed by atoms with Crippen LogP contribution in [0.15, 0.2) is 48.5 Å². The van der Waals surface area contributed by atoms with Gasteiger partial charge in [-0.1, -0.05) is 69.5 Å². The van der Waals surface area contributed by atoms with E-state index in [1.807, 2.05) is 12.1 Å². The van der Waals surface area contributed by atoms with Gasteiger partial charge in [-0.3, -0.25) is 0 Å². The predicted molar refractivity (Wildman–Crippen MR) is 89.5 cm³/mol. The van der Waals surface area contributed by atoms with Gasteiger partial charge in [-0.15, -0.1) is 0 Å². The van der Waals surface area contributed by atoms with Gasteiger partial charge in [-0.2, -0.15) is 0 Å². The van der Waals surface area contributed by atoms with Crippen molar-refractivity contribution in [3.8, 4) is 16.9 Å². The molecule has 0 aliphatic rings. The smallest absolute Gasteiger partial charge is 0.119 e. The second-order valence-corrected chi connectivity index (χ2v) is 5.54. The molecule has 21 heavy (non-hydrogen) atoms. The van der Waals surface area contributed by atoms with Crippen LogP contribution in [0.2, 0.25) is 0 Å². The monoisotopic (exact) mass is 281 g/mol. The van der Waals surface area contributed by atoms with Gasteiger partial charge in [0.2, 0.25) is 0 Å². The van der Waals surface area contributed by atoms with Gasteiger partial charge in [-0.25, -0.2) is 0 Å². The molecule has 1 atom stereocenters. The Morgan fingerprint density at radius 1 is 0.952 bits per heavy atom. The summed E-state index contributed by atoms with van der Waals surface area (Å²) in [5.74, 6) is 1.64. The van der Waals surface area contributed by atoms with Crippen molar-refractivity contribution in [3.05, 3.63) is 54.6 Å². The molecule has 1 nitrogen and oxygen atoms in total. The van der Waals surface area contributed by atoms with Crippen LogP contribution in [-0.4, -0.2) is 6.61 Å². The van der Waals surface area contributed by atoms with E-state index < -0.39 is 0 Å². The molecule has 1 heteroatoms. The van der Waals surface area contributed by atoms with Gasteiger partial charge in [0, 0.05) is 0 Å². The first-order valence-corrected chi connectivity index (χ1v) is 8.02. The molecule has 2 rings (SSSR count). The normalized spacial score (nSPS) is 12.1. The van der Waals surface area contributed by atoms with Crippen molar-refractivity contribution >= 4 is 0 Å². The molecule has 0 saturated heterocycles. The molecule has 1 unspecified atom stereocenters. The minimum atomic E-state index is 0.675. The zero-order chi connectivity index (χ0) is 14.9. The highest BCUT2D eigenvalue weighted by Gasteiger charge is 2.07. The molecule has 0 heterocycles. The van der Waals surface area contributed by atoms with Crippen molar-refractivity contribution in [1.29, 1.82) is 0 Å². The SMILES string of the molecule is CCCCC(CC)COc1ccc(-c2cc[c]cc2)cc1. The second-order valence-electron chi connectivity index (χ2n) is 5.54. The molecular formula is C20H25O. The van der Waals surface area contributed by atoms with Crippen LogP contribution in [-0.2, 0) is 0 Å². The number of hydrogen-bond acceptors (Lipinski definition) is 1.